The second-order valence-electron chi connectivity index (χ2n) is 8.62. The molecule has 0 radical (unpaired) electrons. The maximum Gasteiger partial charge on any atom is 0.265 e. The van der Waals surface area contributed by atoms with Gasteiger partial charge in [0.15, 0.2) is 6.19 Å². The third-order valence-corrected chi connectivity index (χ3v) is 5.79. The van der Waals surface area contributed by atoms with Gasteiger partial charge < -0.3 is 20.4 Å². The van der Waals surface area contributed by atoms with Gasteiger partial charge in [-0.05, 0) is 43.4 Å². The summed E-state index contributed by atoms with van der Waals surface area (Å²) in [6, 6.07) is 6.14. The predicted octanol–water partition coefficient (Wildman–Crippen LogP) is 1.68. The molecule has 10 nitrogen and oxygen atoms in total. The first-order valence-corrected chi connectivity index (χ1v) is 11.0. The summed E-state index contributed by atoms with van der Waals surface area (Å²) >= 11 is 0. The summed E-state index contributed by atoms with van der Waals surface area (Å²) in [7, 11) is 1.53. The molecule has 3 amide bonds. The Hall–Kier alpha value is -3.74. The van der Waals surface area contributed by atoms with Crippen molar-refractivity contribution in [2.45, 2.75) is 39.2 Å². The molecule has 0 unspecified atom stereocenters. The molecule has 176 valence electrons. The Bertz CT molecular complexity index is 1090. The number of hydrazine groups is 1. The number of piperidine rings is 1. The molecule has 0 bridgehead atoms. The van der Waals surface area contributed by atoms with E-state index in [2.05, 4.69) is 10.7 Å². The number of aromatic nitrogens is 1. The number of nitriles is 1. The number of benzene rings is 1. The van der Waals surface area contributed by atoms with Crippen LogP contribution in [0.15, 0.2) is 24.3 Å². The number of hydrogen-bond acceptors (Lipinski definition) is 6. The van der Waals surface area contributed by atoms with Gasteiger partial charge >= 0.3 is 0 Å². The smallest absolute Gasteiger partial charge is 0.265 e. The van der Waals surface area contributed by atoms with Crippen LogP contribution in [0, 0.1) is 23.3 Å². The molecule has 4 N–H and O–H groups in total. The molecule has 1 aliphatic rings. The number of amides is 3. The topological polar surface area (TPSA) is 142 Å². The van der Waals surface area contributed by atoms with Crippen LogP contribution >= 0.6 is 0 Å². The average molecular weight is 455 g/mol. The van der Waals surface area contributed by atoms with Crippen molar-refractivity contribution in [3.05, 3.63) is 30.0 Å². The number of nitrogens with two attached hydrogens (primary N) is 1. The second kappa shape index (κ2) is 10.3. The molecule has 1 aromatic carbocycles. The number of methoxy groups -OCH3 is 1. The van der Waals surface area contributed by atoms with Gasteiger partial charge in [-0.1, -0.05) is 19.9 Å². The fourth-order valence-electron chi connectivity index (χ4n) is 4.25. The van der Waals surface area contributed by atoms with Crippen LogP contribution in [0.1, 0.15) is 49.6 Å². The lowest BCUT2D eigenvalue weighted by Gasteiger charge is -2.28. The summed E-state index contributed by atoms with van der Waals surface area (Å²) < 4.78 is 7.03. The Balaban J connectivity index is 1.97. The number of nitrogens with zero attached hydrogens (tertiary/aromatic N) is 3. The third-order valence-electron chi connectivity index (χ3n) is 5.79. The maximum absolute atomic E-state index is 13.4. The Morgan fingerprint density at radius 1 is 1.42 bits per heavy atom. The summed E-state index contributed by atoms with van der Waals surface area (Å²) in [5.74, 6) is -1.01. The molecule has 2 heterocycles. The molecular formula is C23H30N6O4. The second-order valence-corrected chi connectivity index (χ2v) is 8.62. The summed E-state index contributed by atoms with van der Waals surface area (Å²) in [5.41, 5.74) is 9.10. The van der Waals surface area contributed by atoms with Gasteiger partial charge in [0.1, 0.15) is 17.5 Å². The average Bonchev–Trinajstić information content (AvgIpc) is 3.18. The van der Waals surface area contributed by atoms with Gasteiger partial charge in [-0.2, -0.15) is 5.26 Å². The van der Waals surface area contributed by atoms with Crippen LogP contribution < -0.4 is 21.2 Å². The number of primary amides is 1. The molecule has 2 atom stereocenters. The van der Waals surface area contributed by atoms with Crippen molar-refractivity contribution in [1.29, 1.82) is 5.26 Å². The van der Waals surface area contributed by atoms with E-state index in [0.717, 1.165) is 11.4 Å². The number of carbonyl (C=O) groups excluding carboxylic acids is 3. The van der Waals surface area contributed by atoms with Crippen LogP contribution in [0.25, 0.3) is 10.9 Å². The van der Waals surface area contributed by atoms with Crippen LogP contribution in [-0.4, -0.2) is 47.5 Å². The Morgan fingerprint density at radius 2 is 2.18 bits per heavy atom. The Morgan fingerprint density at radius 3 is 2.79 bits per heavy atom. The van der Waals surface area contributed by atoms with Crippen molar-refractivity contribution in [2.24, 2.45) is 17.6 Å². The molecule has 1 fully saturated rings. The van der Waals surface area contributed by atoms with E-state index in [1.807, 2.05) is 20.0 Å². The number of ether oxygens (including phenoxy) is 1. The third kappa shape index (κ3) is 5.19. The highest BCUT2D eigenvalue weighted by molar-refractivity contribution is 6.01. The molecular weight excluding hydrogens is 424 g/mol. The monoisotopic (exact) mass is 454 g/mol. The van der Waals surface area contributed by atoms with Crippen molar-refractivity contribution < 1.29 is 19.1 Å². The minimum absolute atomic E-state index is 0.0748. The van der Waals surface area contributed by atoms with Gasteiger partial charge in [0.25, 0.3) is 11.8 Å². The lowest BCUT2D eigenvalue weighted by Crippen LogP contribution is -2.49. The molecule has 1 aliphatic heterocycles. The van der Waals surface area contributed by atoms with E-state index in [4.69, 9.17) is 10.5 Å². The van der Waals surface area contributed by atoms with E-state index < -0.39 is 17.9 Å². The van der Waals surface area contributed by atoms with E-state index >= 15 is 0 Å². The van der Waals surface area contributed by atoms with E-state index in [1.54, 1.807) is 28.8 Å². The minimum Gasteiger partial charge on any atom is -0.496 e. The van der Waals surface area contributed by atoms with E-state index in [1.165, 1.54) is 7.11 Å². The Labute approximate surface area is 192 Å². The van der Waals surface area contributed by atoms with Gasteiger partial charge in [0, 0.05) is 11.9 Å². The molecule has 2 aromatic rings. The molecule has 10 heteroatoms. The molecule has 1 saturated heterocycles. The lowest BCUT2D eigenvalue weighted by atomic mass is 9.98. The first-order valence-electron chi connectivity index (χ1n) is 11.0. The number of hydrogen-bond donors (Lipinski definition) is 3. The molecule has 0 spiro atoms. The zero-order valence-corrected chi connectivity index (χ0v) is 19.1. The van der Waals surface area contributed by atoms with Crippen LogP contribution in [0.5, 0.6) is 5.75 Å². The van der Waals surface area contributed by atoms with E-state index in [9.17, 15) is 19.6 Å². The highest BCUT2D eigenvalue weighted by atomic mass is 16.5. The van der Waals surface area contributed by atoms with E-state index in [0.29, 0.717) is 36.0 Å². The van der Waals surface area contributed by atoms with Crippen LogP contribution in [-0.2, 0) is 9.59 Å². The van der Waals surface area contributed by atoms with Crippen molar-refractivity contribution >= 4 is 28.6 Å². The van der Waals surface area contributed by atoms with Crippen molar-refractivity contribution in [3.8, 4) is 11.9 Å². The van der Waals surface area contributed by atoms with Crippen molar-refractivity contribution in [1.82, 2.24) is 20.3 Å². The van der Waals surface area contributed by atoms with Crippen LogP contribution in [0.4, 0.5) is 0 Å². The van der Waals surface area contributed by atoms with Crippen LogP contribution in [0.3, 0.4) is 0 Å². The maximum atomic E-state index is 13.4. The van der Waals surface area contributed by atoms with Crippen LogP contribution in [0.2, 0.25) is 0 Å². The zero-order valence-electron chi connectivity index (χ0n) is 19.1. The first kappa shape index (κ1) is 23.9. The number of nitrogens with one attached hydrogen (secondary N) is 2. The van der Waals surface area contributed by atoms with Gasteiger partial charge in [-0.15, -0.1) is 0 Å². The largest absolute Gasteiger partial charge is 0.496 e. The lowest BCUT2D eigenvalue weighted by molar-refractivity contribution is -0.131. The summed E-state index contributed by atoms with van der Waals surface area (Å²) in [4.78, 5) is 37.8. The zero-order chi connectivity index (χ0) is 24.1. The molecule has 0 saturated carbocycles. The molecule has 1 aromatic heterocycles. The summed E-state index contributed by atoms with van der Waals surface area (Å²) in [5, 5.41) is 14.1. The highest BCUT2D eigenvalue weighted by Gasteiger charge is 2.31. The minimum atomic E-state index is -0.812. The summed E-state index contributed by atoms with van der Waals surface area (Å²) in [6.45, 7) is 4.62. The van der Waals surface area contributed by atoms with E-state index in [-0.39, 0.29) is 30.0 Å². The van der Waals surface area contributed by atoms with Crippen molar-refractivity contribution in [2.75, 3.05) is 20.2 Å². The van der Waals surface area contributed by atoms with Gasteiger partial charge in [-0.25, -0.2) is 5.01 Å². The fraction of sp³-hybridized carbons (Fsp3) is 0.478. The quantitative estimate of drug-likeness (QED) is 0.299. The number of rotatable bonds is 9. The van der Waals surface area contributed by atoms with Crippen molar-refractivity contribution in [3.63, 3.8) is 0 Å². The molecule has 33 heavy (non-hydrogen) atoms. The molecule has 0 aliphatic carbocycles. The number of fused-ring (bicyclic) bond motifs is 1. The highest BCUT2D eigenvalue weighted by Crippen LogP contribution is 2.33. The Kier molecular flexibility index (Phi) is 7.43. The predicted molar refractivity (Wildman–Crippen MR) is 122 cm³/mol. The number of carbonyl (C=O) groups is 3. The normalized spacial score (nSPS) is 16.7. The summed E-state index contributed by atoms with van der Waals surface area (Å²) in [6.07, 6.45) is 3.81. The van der Waals surface area contributed by atoms with Gasteiger partial charge in [0.2, 0.25) is 5.91 Å². The first-order chi connectivity index (χ1) is 15.8. The SMILES string of the molecule is COc1cccc2c1cc(C(N)=O)n2[C@@H](CC(C)C)C(=O)NN(C#N)C[C@@H]1CCCNC1=O. The van der Waals surface area contributed by atoms with Gasteiger partial charge in [0.05, 0.1) is 25.1 Å². The fourth-order valence-corrected chi connectivity index (χ4v) is 4.25. The molecule has 3 rings (SSSR count). The standard InChI is InChI=1S/C23H30N6O4/c1-14(2)10-19(23(32)27-28(13-24)12-15-6-5-9-26-22(15)31)29-17-7-4-8-20(33-3)16(17)11-18(29)21(25)30/h4,7-8,11,14-15,19H,5-6,9-10,12H2,1-3H3,(H2,25,30)(H,26,31)(H,27,32)/t15-,19-/m0/s1. The van der Waals surface area contributed by atoms with Gasteiger partial charge in [-0.3, -0.25) is 19.8 Å².